The van der Waals surface area contributed by atoms with Gasteiger partial charge in [0.1, 0.15) is 6.61 Å². The Morgan fingerprint density at radius 2 is 1.69 bits per heavy atom. The summed E-state index contributed by atoms with van der Waals surface area (Å²) in [5, 5.41) is 3.00. The van der Waals surface area contributed by atoms with Crippen LogP contribution in [0.2, 0.25) is 0 Å². The van der Waals surface area contributed by atoms with Crippen molar-refractivity contribution in [3.05, 3.63) is 59.7 Å². The van der Waals surface area contributed by atoms with Crippen molar-refractivity contribution < 1.29 is 14.3 Å². The lowest BCUT2D eigenvalue weighted by Crippen LogP contribution is -2.43. The second-order valence-electron chi connectivity index (χ2n) is 6.83. The molecule has 2 aromatic rings. The monoisotopic (exact) mass is 352 g/mol. The molecule has 0 radical (unpaired) electrons. The summed E-state index contributed by atoms with van der Waals surface area (Å²) in [6, 6.07) is 15.7. The van der Waals surface area contributed by atoms with E-state index in [1.807, 2.05) is 30.3 Å². The van der Waals surface area contributed by atoms with Crippen LogP contribution in [0.4, 0.5) is 0 Å². The number of carbonyl (C=O) groups excluding carboxylic acids is 1. The molecule has 2 heterocycles. The quantitative estimate of drug-likeness (QED) is 0.899. The Morgan fingerprint density at radius 1 is 1.00 bits per heavy atom. The van der Waals surface area contributed by atoms with Gasteiger partial charge in [-0.1, -0.05) is 36.4 Å². The lowest BCUT2D eigenvalue weighted by atomic mass is 10.1. The lowest BCUT2D eigenvalue weighted by Gasteiger charge is -2.25. The van der Waals surface area contributed by atoms with E-state index in [2.05, 4.69) is 28.4 Å². The van der Waals surface area contributed by atoms with Gasteiger partial charge in [-0.2, -0.15) is 0 Å². The minimum Gasteiger partial charge on any atom is -0.485 e. The number of para-hydroxylation sites is 2. The van der Waals surface area contributed by atoms with Gasteiger partial charge in [-0.15, -0.1) is 0 Å². The molecule has 0 saturated carbocycles. The van der Waals surface area contributed by atoms with Gasteiger partial charge in [-0.25, -0.2) is 0 Å². The van der Waals surface area contributed by atoms with Crippen LogP contribution in [0.3, 0.4) is 0 Å². The van der Waals surface area contributed by atoms with Crippen LogP contribution >= 0.6 is 0 Å². The predicted octanol–water partition coefficient (Wildman–Crippen LogP) is 2.74. The number of nitrogens with zero attached hydrogens (tertiary/aromatic N) is 1. The second-order valence-corrected chi connectivity index (χ2v) is 6.83. The van der Waals surface area contributed by atoms with E-state index in [4.69, 9.17) is 9.47 Å². The highest BCUT2D eigenvalue weighted by molar-refractivity contribution is 5.81. The maximum absolute atomic E-state index is 12.5. The summed E-state index contributed by atoms with van der Waals surface area (Å²) in [6.45, 7) is 4.01. The van der Waals surface area contributed by atoms with Gasteiger partial charge in [0.15, 0.2) is 11.5 Å². The molecule has 1 amide bonds. The fourth-order valence-corrected chi connectivity index (χ4v) is 3.51. The fourth-order valence-electron chi connectivity index (χ4n) is 3.51. The molecule has 2 aliphatic heterocycles. The van der Waals surface area contributed by atoms with Crippen molar-refractivity contribution >= 4 is 5.91 Å². The van der Waals surface area contributed by atoms with Crippen LogP contribution in [0, 0.1) is 0 Å². The summed E-state index contributed by atoms with van der Waals surface area (Å²) in [4.78, 5) is 15.0. The van der Waals surface area contributed by atoms with Crippen molar-refractivity contribution in [3.63, 3.8) is 0 Å². The molecule has 0 aromatic heterocycles. The molecule has 4 rings (SSSR count). The van der Waals surface area contributed by atoms with Gasteiger partial charge < -0.3 is 14.8 Å². The summed E-state index contributed by atoms with van der Waals surface area (Å²) in [5.41, 5.74) is 2.44. The molecule has 0 spiro atoms. The van der Waals surface area contributed by atoms with Crippen LogP contribution < -0.4 is 14.8 Å². The van der Waals surface area contributed by atoms with Crippen molar-refractivity contribution in [2.45, 2.75) is 32.0 Å². The molecule has 1 N–H and O–H groups in total. The highest BCUT2D eigenvalue weighted by atomic mass is 16.6. The van der Waals surface area contributed by atoms with Crippen LogP contribution in [0.5, 0.6) is 11.5 Å². The average molecular weight is 352 g/mol. The second kappa shape index (κ2) is 7.79. The van der Waals surface area contributed by atoms with E-state index in [1.54, 1.807) is 0 Å². The predicted molar refractivity (Wildman–Crippen MR) is 99.2 cm³/mol. The van der Waals surface area contributed by atoms with Gasteiger partial charge in [0, 0.05) is 13.1 Å². The van der Waals surface area contributed by atoms with Crippen molar-refractivity contribution in [2.24, 2.45) is 0 Å². The summed E-state index contributed by atoms with van der Waals surface area (Å²) in [7, 11) is 0. The molecule has 5 nitrogen and oxygen atoms in total. The number of likely N-dealkylation sites (tertiary alicyclic amines) is 1. The molecule has 0 aliphatic carbocycles. The standard InChI is InChI=1S/C21H24N2O3/c24-21(20-15-25-18-9-3-4-10-19(18)26-20)22-13-16-7-1-2-8-17(16)14-23-11-5-6-12-23/h1-4,7-10,20H,5-6,11-15H2,(H,22,24)/t20-/m0/s1. The molecule has 2 aliphatic rings. The minimum atomic E-state index is -0.615. The molecule has 2 aromatic carbocycles. The molecule has 1 atom stereocenters. The Balaban J connectivity index is 1.36. The third-order valence-electron chi connectivity index (χ3n) is 4.97. The first-order valence-corrected chi connectivity index (χ1v) is 9.25. The van der Waals surface area contributed by atoms with Crippen molar-refractivity contribution in [1.82, 2.24) is 10.2 Å². The number of hydrogen-bond donors (Lipinski definition) is 1. The summed E-state index contributed by atoms with van der Waals surface area (Å²) >= 11 is 0. The fraction of sp³-hybridized carbons (Fsp3) is 0.381. The van der Waals surface area contributed by atoms with E-state index in [0.717, 1.165) is 25.2 Å². The number of fused-ring (bicyclic) bond motifs is 1. The normalized spacial score (nSPS) is 19.3. The van der Waals surface area contributed by atoms with E-state index in [0.29, 0.717) is 18.0 Å². The van der Waals surface area contributed by atoms with Gasteiger partial charge >= 0.3 is 0 Å². The maximum Gasteiger partial charge on any atom is 0.264 e. The summed E-state index contributed by atoms with van der Waals surface area (Å²) in [6.07, 6.45) is 1.94. The molecule has 1 saturated heterocycles. The zero-order chi connectivity index (χ0) is 17.8. The minimum absolute atomic E-state index is 0.143. The van der Waals surface area contributed by atoms with Gasteiger partial charge in [-0.3, -0.25) is 9.69 Å². The van der Waals surface area contributed by atoms with Crippen molar-refractivity contribution in [3.8, 4) is 11.5 Å². The Hall–Kier alpha value is -2.53. The topological polar surface area (TPSA) is 50.8 Å². The zero-order valence-electron chi connectivity index (χ0n) is 14.8. The first kappa shape index (κ1) is 16.9. The number of rotatable bonds is 5. The third kappa shape index (κ3) is 3.83. The van der Waals surface area contributed by atoms with E-state index >= 15 is 0 Å². The smallest absolute Gasteiger partial charge is 0.264 e. The van der Waals surface area contributed by atoms with Gasteiger partial charge in [0.25, 0.3) is 5.91 Å². The molecule has 136 valence electrons. The van der Waals surface area contributed by atoms with E-state index in [9.17, 15) is 4.79 Å². The van der Waals surface area contributed by atoms with Gasteiger partial charge in [0.2, 0.25) is 6.10 Å². The molecule has 0 bridgehead atoms. The number of amides is 1. The molecule has 0 unspecified atom stereocenters. The summed E-state index contributed by atoms with van der Waals surface area (Å²) < 4.78 is 11.4. The SMILES string of the molecule is O=C(NCc1ccccc1CN1CCCC1)[C@@H]1COc2ccccc2O1. The van der Waals surface area contributed by atoms with E-state index in [-0.39, 0.29) is 12.5 Å². The first-order chi connectivity index (χ1) is 12.8. The molecule has 26 heavy (non-hydrogen) atoms. The van der Waals surface area contributed by atoms with Crippen molar-refractivity contribution in [1.29, 1.82) is 0 Å². The number of benzene rings is 2. The Kier molecular flexibility index (Phi) is 5.07. The zero-order valence-corrected chi connectivity index (χ0v) is 14.8. The maximum atomic E-state index is 12.5. The lowest BCUT2D eigenvalue weighted by molar-refractivity contribution is -0.130. The first-order valence-electron chi connectivity index (χ1n) is 9.25. The van der Waals surface area contributed by atoms with Crippen LogP contribution in [-0.4, -0.2) is 36.6 Å². The van der Waals surface area contributed by atoms with Crippen LogP contribution in [0.15, 0.2) is 48.5 Å². The van der Waals surface area contributed by atoms with Gasteiger partial charge in [-0.05, 0) is 49.2 Å². The van der Waals surface area contributed by atoms with E-state index < -0.39 is 6.10 Å². The molecular weight excluding hydrogens is 328 g/mol. The molecule has 5 heteroatoms. The third-order valence-corrected chi connectivity index (χ3v) is 4.97. The van der Waals surface area contributed by atoms with Crippen LogP contribution in [0.25, 0.3) is 0 Å². The Bertz CT molecular complexity index is 771. The number of hydrogen-bond acceptors (Lipinski definition) is 4. The van der Waals surface area contributed by atoms with Gasteiger partial charge in [0.05, 0.1) is 0 Å². The van der Waals surface area contributed by atoms with E-state index in [1.165, 1.54) is 18.4 Å². The Labute approximate surface area is 153 Å². The average Bonchev–Trinajstić information content (AvgIpc) is 3.20. The highest BCUT2D eigenvalue weighted by Gasteiger charge is 2.27. The molecule has 1 fully saturated rings. The number of carbonyl (C=O) groups is 1. The Morgan fingerprint density at radius 3 is 2.50 bits per heavy atom. The number of nitrogens with one attached hydrogen (secondary N) is 1. The largest absolute Gasteiger partial charge is 0.485 e. The summed E-state index contributed by atoms with van der Waals surface area (Å²) in [5.74, 6) is 1.16. The number of ether oxygens (including phenoxy) is 2. The van der Waals surface area contributed by atoms with Crippen LogP contribution in [0.1, 0.15) is 24.0 Å². The highest BCUT2D eigenvalue weighted by Crippen LogP contribution is 2.30. The van der Waals surface area contributed by atoms with Crippen LogP contribution in [-0.2, 0) is 17.9 Å². The molecular formula is C21H24N2O3. The van der Waals surface area contributed by atoms with Crippen molar-refractivity contribution in [2.75, 3.05) is 19.7 Å².